The largest absolute Gasteiger partial charge is 0.495 e. The fourth-order valence-corrected chi connectivity index (χ4v) is 5.90. The average Bonchev–Trinajstić information content (AvgIpc) is 3.48. The third kappa shape index (κ3) is 5.18. The van der Waals surface area contributed by atoms with Gasteiger partial charge in [-0.05, 0) is 86.6 Å². The number of thiocarbonyl (C=S) groups is 1. The van der Waals surface area contributed by atoms with Gasteiger partial charge in [-0.25, -0.2) is 0 Å². The fraction of sp³-hybridized carbons (Fsp3) is 0.258. The lowest BCUT2D eigenvalue weighted by atomic mass is 9.96. The molecule has 2 N–H and O–H groups in total. The van der Waals surface area contributed by atoms with E-state index in [0.29, 0.717) is 23.0 Å². The second-order valence-electron chi connectivity index (χ2n) is 10.2. The van der Waals surface area contributed by atoms with Crippen LogP contribution < -0.4 is 20.3 Å². The summed E-state index contributed by atoms with van der Waals surface area (Å²) >= 11 is 5.92. The zero-order chi connectivity index (χ0) is 30.1. The summed E-state index contributed by atoms with van der Waals surface area (Å²) in [6.07, 6.45) is 2.15. The van der Waals surface area contributed by atoms with E-state index in [1.807, 2.05) is 68.7 Å². The monoisotopic (exact) mass is 584 g/mol. The van der Waals surface area contributed by atoms with Gasteiger partial charge in [-0.15, -0.1) is 0 Å². The number of hydrogen-bond donors (Lipinski definition) is 2. The Labute approximate surface area is 249 Å². The molecule has 5 rings (SSSR count). The molecule has 1 fully saturated rings. The van der Waals surface area contributed by atoms with Crippen molar-refractivity contribution in [1.29, 1.82) is 0 Å². The number of hydrogen-bond acceptors (Lipinski definition) is 6. The molecule has 0 saturated carbocycles. The molecule has 1 saturated heterocycles. The van der Waals surface area contributed by atoms with Gasteiger partial charge in [0.05, 0.1) is 35.5 Å². The first-order valence-electron chi connectivity index (χ1n) is 13.6. The van der Waals surface area contributed by atoms with Crippen LogP contribution in [0.15, 0.2) is 66.9 Å². The maximum Gasteiger partial charge on any atom is 0.271 e. The number of nitro benzene ring substituents is 1. The number of benzene rings is 2. The average molecular weight is 585 g/mol. The highest BCUT2D eigenvalue weighted by atomic mass is 32.1. The van der Waals surface area contributed by atoms with E-state index in [4.69, 9.17) is 17.0 Å². The molecule has 11 heteroatoms. The van der Waals surface area contributed by atoms with Crippen molar-refractivity contribution in [2.24, 2.45) is 0 Å². The lowest BCUT2D eigenvalue weighted by Gasteiger charge is -2.29. The van der Waals surface area contributed by atoms with Gasteiger partial charge >= 0.3 is 0 Å². The van der Waals surface area contributed by atoms with Gasteiger partial charge in [0, 0.05) is 47.5 Å². The Kier molecular flexibility index (Phi) is 7.95. The molecule has 216 valence electrons. The number of amides is 1. The molecule has 0 spiro atoms. The molecule has 1 aliphatic rings. The number of rotatable bonds is 8. The summed E-state index contributed by atoms with van der Waals surface area (Å²) in [6.45, 7) is 7.72. The van der Waals surface area contributed by atoms with Crippen LogP contribution in [0, 0.1) is 30.9 Å². The zero-order valence-electron chi connectivity index (χ0n) is 24.0. The summed E-state index contributed by atoms with van der Waals surface area (Å²) in [6, 6.07) is 17.7. The predicted octanol–water partition coefficient (Wildman–Crippen LogP) is 6.24. The van der Waals surface area contributed by atoms with Crippen LogP contribution >= 0.6 is 12.2 Å². The summed E-state index contributed by atoms with van der Waals surface area (Å²) < 4.78 is 7.59. The van der Waals surface area contributed by atoms with E-state index in [-0.39, 0.29) is 23.7 Å². The number of nitrogens with one attached hydrogen (secondary N) is 2. The number of carbonyl (C=O) groups excluding carboxylic acids is 1. The van der Waals surface area contributed by atoms with Crippen LogP contribution in [-0.2, 0) is 4.79 Å². The number of anilines is 2. The van der Waals surface area contributed by atoms with Gasteiger partial charge in [0.15, 0.2) is 5.11 Å². The second-order valence-corrected chi connectivity index (χ2v) is 10.6. The summed E-state index contributed by atoms with van der Waals surface area (Å²) in [5.74, 6) is 0.466. The van der Waals surface area contributed by atoms with E-state index in [0.717, 1.165) is 39.6 Å². The number of nitro groups is 1. The number of pyridine rings is 1. The number of aromatic nitrogens is 2. The van der Waals surface area contributed by atoms with Gasteiger partial charge in [-0.1, -0.05) is 13.0 Å². The minimum Gasteiger partial charge on any atom is -0.495 e. The molecule has 2 aromatic heterocycles. The minimum absolute atomic E-state index is 0.0257. The number of carbonyl (C=O) groups is 1. The van der Waals surface area contributed by atoms with Crippen LogP contribution in [0.3, 0.4) is 0 Å². The molecule has 2 atom stereocenters. The van der Waals surface area contributed by atoms with Gasteiger partial charge in [-0.2, -0.15) is 0 Å². The lowest BCUT2D eigenvalue weighted by molar-refractivity contribution is -0.384. The molecule has 10 nitrogen and oxygen atoms in total. The van der Waals surface area contributed by atoms with Crippen molar-refractivity contribution in [3.05, 3.63) is 105 Å². The maximum absolute atomic E-state index is 12.0. The molecule has 1 amide bonds. The van der Waals surface area contributed by atoms with Crippen molar-refractivity contribution in [3.8, 4) is 11.4 Å². The quantitative estimate of drug-likeness (QED) is 0.142. The summed E-state index contributed by atoms with van der Waals surface area (Å²) in [5, 5.41) is 18.6. The molecule has 0 bridgehead atoms. The number of nitrogens with zero attached hydrogens (tertiary/aromatic N) is 4. The van der Waals surface area contributed by atoms with Crippen LogP contribution in [0.1, 0.15) is 53.6 Å². The van der Waals surface area contributed by atoms with Crippen LogP contribution in [0.5, 0.6) is 5.75 Å². The van der Waals surface area contributed by atoms with Crippen molar-refractivity contribution in [3.63, 3.8) is 0 Å². The first kappa shape index (κ1) is 28.7. The molecule has 4 aromatic rings. The first-order chi connectivity index (χ1) is 20.1. The van der Waals surface area contributed by atoms with Gasteiger partial charge in [0.2, 0.25) is 5.91 Å². The Morgan fingerprint density at radius 2 is 1.93 bits per heavy atom. The second kappa shape index (κ2) is 11.6. The van der Waals surface area contributed by atoms with E-state index in [2.05, 4.69) is 26.6 Å². The van der Waals surface area contributed by atoms with Crippen molar-refractivity contribution >= 4 is 40.3 Å². The van der Waals surface area contributed by atoms with Crippen LogP contribution in [0.25, 0.3) is 5.69 Å². The van der Waals surface area contributed by atoms with Gasteiger partial charge in [0.1, 0.15) is 5.75 Å². The SMILES string of the molecule is CCC(=O)Nc1ccc(N2C(=S)N[C@H](c3ccccn3)[C@H]2c2cc(C)n(-c3cc([N+](=O)[O-])ccc3OC)c2C)cc1C. The summed E-state index contributed by atoms with van der Waals surface area (Å²) in [4.78, 5) is 30.0. The van der Waals surface area contributed by atoms with E-state index in [9.17, 15) is 14.9 Å². The van der Waals surface area contributed by atoms with Gasteiger partial charge < -0.3 is 24.8 Å². The van der Waals surface area contributed by atoms with Crippen molar-refractivity contribution in [1.82, 2.24) is 14.9 Å². The van der Waals surface area contributed by atoms with Crippen LogP contribution in [0.2, 0.25) is 0 Å². The lowest BCUT2D eigenvalue weighted by Crippen LogP contribution is -2.29. The zero-order valence-corrected chi connectivity index (χ0v) is 24.9. The van der Waals surface area contributed by atoms with Crippen LogP contribution in [-0.4, -0.2) is 32.6 Å². The molecule has 42 heavy (non-hydrogen) atoms. The number of aryl methyl sites for hydroxylation is 2. The van der Waals surface area contributed by atoms with Crippen molar-refractivity contribution < 1.29 is 14.5 Å². The van der Waals surface area contributed by atoms with Crippen molar-refractivity contribution in [2.45, 2.75) is 46.2 Å². The first-order valence-corrected chi connectivity index (χ1v) is 14.0. The molecule has 0 unspecified atom stereocenters. The molecular weight excluding hydrogens is 552 g/mol. The fourth-order valence-electron chi connectivity index (χ4n) is 5.55. The third-order valence-electron chi connectivity index (χ3n) is 7.58. The smallest absolute Gasteiger partial charge is 0.271 e. The Hall–Kier alpha value is -4.77. The minimum atomic E-state index is -0.412. The number of ether oxygens (including phenoxy) is 1. The molecule has 1 aliphatic heterocycles. The van der Waals surface area contributed by atoms with Crippen molar-refractivity contribution in [2.75, 3.05) is 17.3 Å². The Balaban J connectivity index is 1.67. The Morgan fingerprint density at radius 1 is 1.14 bits per heavy atom. The summed E-state index contributed by atoms with van der Waals surface area (Å²) in [7, 11) is 1.55. The van der Waals surface area contributed by atoms with Gasteiger partial charge in [0.25, 0.3) is 5.69 Å². The van der Waals surface area contributed by atoms with E-state index in [1.54, 1.807) is 19.4 Å². The topological polar surface area (TPSA) is 115 Å². The molecule has 0 aliphatic carbocycles. The normalized spacial score (nSPS) is 16.3. The Morgan fingerprint density at radius 3 is 2.57 bits per heavy atom. The Bertz CT molecular complexity index is 1690. The molecule has 2 aromatic carbocycles. The van der Waals surface area contributed by atoms with E-state index >= 15 is 0 Å². The predicted molar refractivity (Wildman–Crippen MR) is 166 cm³/mol. The highest BCUT2D eigenvalue weighted by molar-refractivity contribution is 7.80. The number of non-ortho nitro benzene ring substituents is 1. The van der Waals surface area contributed by atoms with E-state index in [1.165, 1.54) is 12.1 Å². The third-order valence-corrected chi connectivity index (χ3v) is 7.90. The highest BCUT2D eigenvalue weighted by Crippen LogP contribution is 2.45. The number of methoxy groups -OCH3 is 1. The van der Waals surface area contributed by atoms with Crippen LogP contribution in [0.4, 0.5) is 17.1 Å². The van der Waals surface area contributed by atoms with E-state index < -0.39 is 4.92 Å². The maximum atomic E-state index is 12.0. The highest BCUT2D eigenvalue weighted by Gasteiger charge is 2.42. The van der Waals surface area contributed by atoms with Gasteiger partial charge in [-0.3, -0.25) is 19.9 Å². The summed E-state index contributed by atoms with van der Waals surface area (Å²) in [5.41, 5.74) is 6.64. The molecule has 3 heterocycles. The molecule has 0 radical (unpaired) electrons. The standard InChI is InChI=1S/C31H32N6O4S/c1-6-28(38)33-24-12-10-21(15-18(24)2)36-30(29(34-31(36)42)25-9-7-8-14-32-25)23-16-19(3)35(20(23)4)26-17-22(37(39)40)11-13-27(26)41-5/h7-17,29-30H,6H2,1-5H3,(H,33,38)(H,34,42)/t29-,30-/m1/s1. The molecular formula is C31H32N6O4S.